The van der Waals surface area contributed by atoms with E-state index in [0.717, 1.165) is 5.56 Å². The first kappa shape index (κ1) is 11.6. The van der Waals surface area contributed by atoms with Crippen LogP contribution in [0.4, 0.5) is 0 Å². The summed E-state index contributed by atoms with van der Waals surface area (Å²) in [6.07, 6.45) is 0.541. The third-order valence-corrected chi connectivity index (χ3v) is 4.02. The molecule has 2 heterocycles. The molecule has 0 N–H and O–H groups in total. The SMILES string of the molecule is Cn1c(Cc2ccsc2)nnc1S(=O)(=O)Cl. The van der Waals surface area contributed by atoms with Crippen LogP contribution in [0.3, 0.4) is 0 Å². The van der Waals surface area contributed by atoms with Gasteiger partial charge in [-0.15, -0.1) is 10.2 Å². The van der Waals surface area contributed by atoms with Crippen molar-refractivity contribution in [3.8, 4) is 0 Å². The lowest BCUT2D eigenvalue weighted by Gasteiger charge is -1.99. The predicted octanol–water partition coefficient (Wildman–Crippen LogP) is 1.39. The standard InChI is InChI=1S/C8H8ClN3O2S2/c1-12-7(4-6-2-3-15-5-6)10-11-8(12)16(9,13)14/h2-3,5H,4H2,1H3. The number of aromatic nitrogens is 3. The lowest BCUT2D eigenvalue weighted by molar-refractivity contribution is 0.591. The van der Waals surface area contributed by atoms with Gasteiger partial charge in [0.25, 0.3) is 14.2 Å². The monoisotopic (exact) mass is 277 g/mol. The van der Waals surface area contributed by atoms with Gasteiger partial charge in [0, 0.05) is 24.2 Å². The van der Waals surface area contributed by atoms with Crippen LogP contribution in [0.5, 0.6) is 0 Å². The molecule has 0 aliphatic carbocycles. The lowest BCUT2D eigenvalue weighted by Crippen LogP contribution is -2.05. The van der Waals surface area contributed by atoms with Crippen LogP contribution in [0.1, 0.15) is 11.4 Å². The molecule has 0 aromatic carbocycles. The average molecular weight is 278 g/mol. The van der Waals surface area contributed by atoms with E-state index in [1.165, 1.54) is 4.57 Å². The number of hydrogen-bond donors (Lipinski definition) is 0. The first-order valence-corrected chi connectivity index (χ1v) is 7.57. The van der Waals surface area contributed by atoms with Crippen molar-refractivity contribution < 1.29 is 8.42 Å². The minimum Gasteiger partial charge on any atom is -0.304 e. The lowest BCUT2D eigenvalue weighted by atomic mass is 10.2. The fourth-order valence-electron chi connectivity index (χ4n) is 1.29. The van der Waals surface area contributed by atoms with Crippen LogP contribution in [-0.2, 0) is 22.5 Å². The van der Waals surface area contributed by atoms with E-state index in [1.54, 1.807) is 18.4 Å². The Morgan fingerprint density at radius 3 is 2.75 bits per heavy atom. The Bertz CT molecular complexity index is 589. The van der Waals surface area contributed by atoms with E-state index in [-0.39, 0.29) is 5.16 Å². The van der Waals surface area contributed by atoms with Crippen molar-refractivity contribution in [3.63, 3.8) is 0 Å². The second kappa shape index (κ2) is 4.15. The maximum absolute atomic E-state index is 11.1. The van der Waals surface area contributed by atoms with Gasteiger partial charge in [-0.25, -0.2) is 8.42 Å². The van der Waals surface area contributed by atoms with E-state index in [2.05, 4.69) is 10.2 Å². The molecule has 0 aliphatic rings. The van der Waals surface area contributed by atoms with Crippen molar-refractivity contribution in [2.75, 3.05) is 0 Å². The summed E-state index contributed by atoms with van der Waals surface area (Å²) in [6.45, 7) is 0. The van der Waals surface area contributed by atoms with Crippen LogP contribution in [-0.4, -0.2) is 23.2 Å². The Morgan fingerprint density at radius 1 is 1.50 bits per heavy atom. The Kier molecular flexibility index (Phi) is 3.00. The molecule has 0 fully saturated rings. The zero-order valence-electron chi connectivity index (χ0n) is 8.29. The molecule has 0 amide bonds. The van der Waals surface area contributed by atoms with E-state index < -0.39 is 9.05 Å². The van der Waals surface area contributed by atoms with Crippen molar-refractivity contribution in [2.24, 2.45) is 7.05 Å². The molecular formula is C8H8ClN3O2S2. The molecular weight excluding hydrogens is 270 g/mol. The molecule has 0 spiro atoms. The van der Waals surface area contributed by atoms with Gasteiger partial charge >= 0.3 is 0 Å². The van der Waals surface area contributed by atoms with E-state index in [1.807, 2.05) is 16.8 Å². The summed E-state index contributed by atoms with van der Waals surface area (Å²) in [5.74, 6) is 0.567. The third-order valence-electron chi connectivity index (χ3n) is 2.09. The summed E-state index contributed by atoms with van der Waals surface area (Å²) in [4.78, 5) is 0. The normalized spacial score (nSPS) is 11.9. The molecule has 0 atom stereocenters. The number of halogens is 1. The Labute approximate surface area is 101 Å². The topological polar surface area (TPSA) is 64.8 Å². The summed E-state index contributed by atoms with van der Waals surface area (Å²) in [6, 6.07) is 1.95. The summed E-state index contributed by atoms with van der Waals surface area (Å²) in [5.41, 5.74) is 1.07. The van der Waals surface area contributed by atoms with E-state index in [4.69, 9.17) is 10.7 Å². The van der Waals surface area contributed by atoms with E-state index >= 15 is 0 Å². The average Bonchev–Trinajstić information content (AvgIpc) is 2.76. The maximum Gasteiger partial charge on any atom is 0.296 e. The van der Waals surface area contributed by atoms with Crippen LogP contribution < -0.4 is 0 Å². The van der Waals surface area contributed by atoms with E-state index in [0.29, 0.717) is 12.2 Å². The fraction of sp³-hybridized carbons (Fsp3) is 0.250. The van der Waals surface area contributed by atoms with Gasteiger partial charge in [-0.1, -0.05) is 0 Å². The zero-order valence-corrected chi connectivity index (χ0v) is 10.7. The highest BCUT2D eigenvalue weighted by atomic mass is 35.7. The summed E-state index contributed by atoms with van der Waals surface area (Å²) in [7, 11) is 2.96. The maximum atomic E-state index is 11.1. The van der Waals surface area contributed by atoms with Crippen LogP contribution in [0.25, 0.3) is 0 Å². The largest absolute Gasteiger partial charge is 0.304 e. The number of hydrogen-bond acceptors (Lipinski definition) is 5. The molecule has 0 saturated heterocycles. The van der Waals surface area contributed by atoms with Gasteiger partial charge in [0.15, 0.2) is 0 Å². The fourth-order valence-corrected chi connectivity index (χ4v) is 2.93. The number of thiophene rings is 1. The molecule has 8 heteroatoms. The van der Waals surface area contributed by atoms with Crippen LogP contribution in [0, 0.1) is 0 Å². The number of rotatable bonds is 3. The van der Waals surface area contributed by atoms with Crippen LogP contribution in [0.2, 0.25) is 0 Å². The van der Waals surface area contributed by atoms with Gasteiger partial charge in [0.2, 0.25) is 0 Å². The molecule has 86 valence electrons. The minimum absolute atomic E-state index is 0.223. The Morgan fingerprint density at radius 2 is 2.25 bits per heavy atom. The van der Waals surface area contributed by atoms with Crippen molar-refractivity contribution >= 4 is 31.1 Å². The van der Waals surface area contributed by atoms with Gasteiger partial charge in [0.1, 0.15) is 5.82 Å². The van der Waals surface area contributed by atoms with Crippen molar-refractivity contribution in [2.45, 2.75) is 11.6 Å². The summed E-state index contributed by atoms with van der Waals surface area (Å²) >= 11 is 1.58. The highest BCUT2D eigenvalue weighted by Gasteiger charge is 2.20. The zero-order chi connectivity index (χ0) is 11.8. The quantitative estimate of drug-likeness (QED) is 0.796. The molecule has 0 saturated carbocycles. The smallest absolute Gasteiger partial charge is 0.296 e. The van der Waals surface area contributed by atoms with Gasteiger partial charge in [-0.2, -0.15) is 11.3 Å². The highest BCUT2D eigenvalue weighted by molar-refractivity contribution is 8.13. The molecule has 5 nitrogen and oxygen atoms in total. The van der Waals surface area contributed by atoms with Crippen molar-refractivity contribution in [1.29, 1.82) is 0 Å². The first-order chi connectivity index (χ1) is 7.48. The molecule has 0 radical (unpaired) electrons. The molecule has 0 bridgehead atoms. The summed E-state index contributed by atoms with van der Waals surface area (Å²) < 4.78 is 23.6. The van der Waals surface area contributed by atoms with Crippen LogP contribution in [0.15, 0.2) is 22.0 Å². The molecule has 16 heavy (non-hydrogen) atoms. The summed E-state index contributed by atoms with van der Waals surface area (Å²) in [5, 5.41) is 11.1. The molecule has 0 unspecified atom stereocenters. The second-order valence-electron chi connectivity index (χ2n) is 3.20. The van der Waals surface area contributed by atoms with Crippen LogP contribution >= 0.6 is 22.0 Å². The second-order valence-corrected chi connectivity index (χ2v) is 6.44. The van der Waals surface area contributed by atoms with E-state index in [9.17, 15) is 8.42 Å². The molecule has 0 aliphatic heterocycles. The van der Waals surface area contributed by atoms with Gasteiger partial charge in [-0.3, -0.25) is 0 Å². The first-order valence-electron chi connectivity index (χ1n) is 4.32. The molecule has 2 aromatic rings. The van der Waals surface area contributed by atoms with Gasteiger partial charge < -0.3 is 4.57 Å². The highest BCUT2D eigenvalue weighted by Crippen LogP contribution is 2.15. The molecule has 2 aromatic heterocycles. The minimum atomic E-state index is -3.83. The third kappa shape index (κ3) is 2.26. The molecule has 2 rings (SSSR count). The van der Waals surface area contributed by atoms with Gasteiger partial charge in [-0.05, 0) is 22.4 Å². The predicted molar refractivity (Wildman–Crippen MR) is 61.2 cm³/mol. The Balaban J connectivity index is 2.35. The van der Waals surface area contributed by atoms with Crippen molar-refractivity contribution in [3.05, 3.63) is 28.2 Å². The van der Waals surface area contributed by atoms with Crippen molar-refractivity contribution in [1.82, 2.24) is 14.8 Å². The van der Waals surface area contributed by atoms with Gasteiger partial charge in [0.05, 0.1) is 0 Å². The number of nitrogens with zero attached hydrogens (tertiary/aromatic N) is 3. The Hall–Kier alpha value is -0.920.